The van der Waals surface area contributed by atoms with Crippen LogP contribution in [0.2, 0.25) is 5.02 Å². The molecule has 0 heterocycles. The molecule has 0 fully saturated rings. The smallest absolute Gasteiger partial charge is 0.244 e. The average Bonchev–Trinajstić information content (AvgIpc) is 2.58. The number of ether oxygens (including phenoxy) is 2. The van der Waals surface area contributed by atoms with E-state index in [1.165, 1.54) is 25.3 Å². The van der Waals surface area contributed by atoms with Crippen molar-refractivity contribution in [3.05, 3.63) is 64.4 Å². The molecule has 0 atom stereocenters. The second-order valence-electron chi connectivity index (χ2n) is 5.15. The summed E-state index contributed by atoms with van der Waals surface area (Å²) in [6.07, 6.45) is 3.00. The number of halogens is 2. The molecule has 0 aliphatic carbocycles. The Morgan fingerprint density at radius 1 is 1.32 bits per heavy atom. The van der Waals surface area contributed by atoms with Crippen LogP contribution in [0.5, 0.6) is 11.5 Å². The number of rotatable bonds is 7. The summed E-state index contributed by atoms with van der Waals surface area (Å²) in [7, 11) is 1.51. The topological polar surface area (TPSA) is 47.6 Å². The normalized spacial score (nSPS) is 10.7. The third kappa shape index (κ3) is 5.50. The van der Waals surface area contributed by atoms with Crippen LogP contribution in [0, 0.1) is 5.82 Å². The summed E-state index contributed by atoms with van der Waals surface area (Å²) in [5, 5.41) is 3.09. The van der Waals surface area contributed by atoms with Gasteiger partial charge in [-0.3, -0.25) is 4.79 Å². The zero-order chi connectivity index (χ0) is 18.2. The Kier molecular flexibility index (Phi) is 6.83. The Morgan fingerprint density at radius 2 is 2.12 bits per heavy atom. The highest BCUT2D eigenvalue weighted by atomic mass is 35.5. The number of hydrogen-bond acceptors (Lipinski definition) is 3. The second-order valence-corrected chi connectivity index (χ2v) is 5.56. The van der Waals surface area contributed by atoms with Gasteiger partial charge in [-0.2, -0.15) is 0 Å². The minimum Gasteiger partial charge on any atom is -0.491 e. The van der Waals surface area contributed by atoms with Gasteiger partial charge in [0.05, 0.1) is 18.7 Å². The largest absolute Gasteiger partial charge is 0.491 e. The minimum atomic E-state index is -0.335. The molecule has 132 valence electrons. The number of methoxy groups -OCH3 is 1. The number of carbonyl (C=O) groups excluding carboxylic acids is 1. The molecule has 0 bridgehead atoms. The second kappa shape index (κ2) is 9.08. The molecular weight excluding hydrogens is 345 g/mol. The Balaban J connectivity index is 2.04. The zero-order valence-corrected chi connectivity index (χ0v) is 14.8. The standard InChI is InChI=1S/C19H19ClFNO3/c1-3-25-17-11-13(10-16(20)19(17)24-2)7-8-18(23)22-12-14-5-4-6-15(21)9-14/h4-11H,3,12H2,1-2H3,(H,22,23)/b8-7+. The Bertz CT molecular complexity index is 777. The predicted molar refractivity (Wildman–Crippen MR) is 96.5 cm³/mol. The van der Waals surface area contributed by atoms with Gasteiger partial charge in [0.1, 0.15) is 5.82 Å². The lowest BCUT2D eigenvalue weighted by atomic mass is 10.1. The van der Waals surface area contributed by atoms with Gasteiger partial charge in [0.2, 0.25) is 5.91 Å². The van der Waals surface area contributed by atoms with E-state index in [-0.39, 0.29) is 18.3 Å². The van der Waals surface area contributed by atoms with Crippen molar-refractivity contribution in [3.8, 4) is 11.5 Å². The molecule has 0 aliphatic heterocycles. The lowest BCUT2D eigenvalue weighted by molar-refractivity contribution is -0.116. The summed E-state index contributed by atoms with van der Waals surface area (Å²) in [6, 6.07) is 9.49. The van der Waals surface area contributed by atoms with E-state index in [2.05, 4.69) is 5.32 Å². The van der Waals surface area contributed by atoms with E-state index in [9.17, 15) is 9.18 Å². The van der Waals surface area contributed by atoms with E-state index < -0.39 is 0 Å². The average molecular weight is 364 g/mol. The van der Waals surface area contributed by atoms with Gasteiger partial charge in [0, 0.05) is 12.6 Å². The number of hydrogen-bond donors (Lipinski definition) is 1. The summed E-state index contributed by atoms with van der Waals surface area (Å²) >= 11 is 6.17. The van der Waals surface area contributed by atoms with Crippen LogP contribution in [0.3, 0.4) is 0 Å². The molecule has 0 radical (unpaired) electrons. The van der Waals surface area contributed by atoms with E-state index in [0.717, 1.165) is 0 Å². The van der Waals surface area contributed by atoms with Crippen molar-refractivity contribution in [1.82, 2.24) is 5.32 Å². The monoisotopic (exact) mass is 363 g/mol. The maximum atomic E-state index is 13.1. The molecule has 0 saturated carbocycles. The van der Waals surface area contributed by atoms with Gasteiger partial charge >= 0.3 is 0 Å². The van der Waals surface area contributed by atoms with E-state index in [1.807, 2.05) is 6.92 Å². The number of amides is 1. The first-order chi connectivity index (χ1) is 12.0. The fraction of sp³-hybridized carbons (Fsp3) is 0.211. The van der Waals surface area contributed by atoms with Gasteiger partial charge in [0.25, 0.3) is 0 Å². The van der Waals surface area contributed by atoms with Crippen LogP contribution in [0.25, 0.3) is 6.08 Å². The van der Waals surface area contributed by atoms with Crippen LogP contribution in [-0.4, -0.2) is 19.6 Å². The molecule has 2 aromatic rings. The summed E-state index contributed by atoms with van der Waals surface area (Å²) in [5.74, 6) is 0.335. The van der Waals surface area contributed by atoms with Crippen LogP contribution in [0.1, 0.15) is 18.1 Å². The van der Waals surface area contributed by atoms with Crippen molar-refractivity contribution < 1.29 is 18.7 Å². The highest BCUT2D eigenvalue weighted by molar-refractivity contribution is 6.32. The first-order valence-corrected chi connectivity index (χ1v) is 8.12. The van der Waals surface area contributed by atoms with Crippen molar-refractivity contribution >= 4 is 23.6 Å². The molecule has 1 N–H and O–H groups in total. The molecule has 0 saturated heterocycles. The fourth-order valence-corrected chi connectivity index (χ4v) is 2.51. The summed E-state index contributed by atoms with van der Waals surface area (Å²) in [6.45, 7) is 2.57. The van der Waals surface area contributed by atoms with Crippen molar-refractivity contribution in [2.45, 2.75) is 13.5 Å². The van der Waals surface area contributed by atoms with E-state index in [4.69, 9.17) is 21.1 Å². The molecular formula is C19H19ClFNO3. The maximum absolute atomic E-state index is 13.1. The van der Waals surface area contributed by atoms with Crippen molar-refractivity contribution in [2.24, 2.45) is 0 Å². The van der Waals surface area contributed by atoms with Crippen LogP contribution >= 0.6 is 11.6 Å². The first-order valence-electron chi connectivity index (χ1n) is 7.74. The molecule has 0 spiro atoms. The molecule has 1 amide bonds. The van der Waals surface area contributed by atoms with Gasteiger partial charge in [0.15, 0.2) is 11.5 Å². The summed E-state index contributed by atoms with van der Waals surface area (Å²) in [5.41, 5.74) is 1.39. The summed E-state index contributed by atoms with van der Waals surface area (Å²) in [4.78, 5) is 11.9. The van der Waals surface area contributed by atoms with Crippen LogP contribution in [-0.2, 0) is 11.3 Å². The molecule has 0 unspecified atom stereocenters. The van der Waals surface area contributed by atoms with Gasteiger partial charge in [-0.05, 0) is 48.4 Å². The summed E-state index contributed by atoms with van der Waals surface area (Å²) < 4.78 is 23.8. The quantitative estimate of drug-likeness (QED) is 0.749. The van der Waals surface area contributed by atoms with Crippen LogP contribution in [0.4, 0.5) is 4.39 Å². The number of carbonyl (C=O) groups is 1. The number of benzene rings is 2. The Labute approximate surface area is 151 Å². The van der Waals surface area contributed by atoms with E-state index >= 15 is 0 Å². The van der Waals surface area contributed by atoms with Gasteiger partial charge in [-0.25, -0.2) is 4.39 Å². The molecule has 0 aliphatic rings. The first kappa shape index (κ1) is 18.8. The lowest BCUT2D eigenvalue weighted by Gasteiger charge is -2.11. The van der Waals surface area contributed by atoms with E-state index in [0.29, 0.717) is 34.3 Å². The van der Waals surface area contributed by atoms with Crippen molar-refractivity contribution in [3.63, 3.8) is 0 Å². The molecule has 6 heteroatoms. The highest BCUT2D eigenvalue weighted by Gasteiger charge is 2.10. The van der Waals surface area contributed by atoms with Gasteiger partial charge in [-0.1, -0.05) is 23.7 Å². The molecule has 2 aromatic carbocycles. The third-order valence-corrected chi connectivity index (χ3v) is 3.60. The maximum Gasteiger partial charge on any atom is 0.244 e. The zero-order valence-electron chi connectivity index (χ0n) is 14.0. The molecule has 0 aromatic heterocycles. The Morgan fingerprint density at radius 3 is 2.80 bits per heavy atom. The lowest BCUT2D eigenvalue weighted by Crippen LogP contribution is -2.20. The Hall–Kier alpha value is -2.53. The van der Waals surface area contributed by atoms with Crippen LogP contribution in [0.15, 0.2) is 42.5 Å². The molecule has 25 heavy (non-hydrogen) atoms. The third-order valence-electron chi connectivity index (χ3n) is 3.32. The SMILES string of the molecule is CCOc1cc(/C=C/C(=O)NCc2cccc(F)c2)cc(Cl)c1OC. The number of nitrogens with one attached hydrogen (secondary N) is 1. The van der Waals surface area contributed by atoms with Gasteiger partial charge < -0.3 is 14.8 Å². The van der Waals surface area contributed by atoms with Gasteiger partial charge in [-0.15, -0.1) is 0 Å². The van der Waals surface area contributed by atoms with Crippen molar-refractivity contribution in [1.29, 1.82) is 0 Å². The van der Waals surface area contributed by atoms with Crippen molar-refractivity contribution in [2.75, 3.05) is 13.7 Å². The van der Waals surface area contributed by atoms with Crippen LogP contribution < -0.4 is 14.8 Å². The van der Waals surface area contributed by atoms with E-state index in [1.54, 1.807) is 30.3 Å². The molecule has 4 nitrogen and oxygen atoms in total. The predicted octanol–water partition coefficient (Wildman–Crippen LogP) is 4.22. The highest BCUT2D eigenvalue weighted by Crippen LogP contribution is 2.36. The minimum absolute atomic E-state index is 0.245. The fourth-order valence-electron chi connectivity index (χ4n) is 2.21. The molecule has 2 rings (SSSR count).